The number of aromatic nitrogens is 2. The van der Waals surface area contributed by atoms with E-state index in [0.717, 1.165) is 58.3 Å². The number of nitrogens with one attached hydrogen (secondary N) is 2. The Morgan fingerprint density at radius 1 is 0.964 bits per heavy atom. The maximum absolute atomic E-state index is 13.4. The lowest BCUT2D eigenvalue weighted by molar-refractivity contribution is 0.162. The van der Waals surface area contributed by atoms with Gasteiger partial charge in [0.25, 0.3) is 0 Å². The Kier molecular flexibility index (Phi) is 4.58. The number of aromatic amines is 1. The largest absolute Gasteiger partial charge is 0.490 e. The molecule has 2 N–H and O–H groups in total. The van der Waals surface area contributed by atoms with Gasteiger partial charge in [0.2, 0.25) is 0 Å². The minimum Gasteiger partial charge on any atom is -0.490 e. The minimum absolute atomic E-state index is 0.220. The molecule has 1 aromatic heterocycles. The molecular weight excluding hydrogens is 370 g/mol. The van der Waals surface area contributed by atoms with E-state index in [1.165, 1.54) is 0 Å². The highest BCUT2D eigenvalue weighted by Gasteiger charge is 2.19. The summed E-state index contributed by atoms with van der Waals surface area (Å²) in [6.45, 7) is 1.96. The fraction of sp³-hybridized carbons (Fsp3) is 0.227. The first kappa shape index (κ1) is 17.4. The van der Waals surface area contributed by atoms with Gasteiger partial charge in [0.05, 0.1) is 10.4 Å². The van der Waals surface area contributed by atoms with Crippen LogP contribution >= 0.6 is 0 Å². The molecule has 3 aromatic carbocycles. The Morgan fingerprint density at radius 3 is 2.68 bits per heavy atom. The van der Waals surface area contributed by atoms with Crippen LogP contribution in [-0.2, 0) is 10.8 Å². The minimum atomic E-state index is -1.36. The number of ether oxygens (including phenoxy) is 1. The van der Waals surface area contributed by atoms with Gasteiger partial charge in [-0.25, -0.2) is 4.21 Å². The zero-order valence-electron chi connectivity index (χ0n) is 15.4. The van der Waals surface area contributed by atoms with E-state index in [4.69, 9.17) is 4.74 Å². The smallest absolute Gasteiger partial charge is 0.135 e. The highest BCUT2D eigenvalue weighted by Crippen LogP contribution is 2.30. The number of piperidine rings is 1. The van der Waals surface area contributed by atoms with E-state index in [9.17, 15) is 4.21 Å². The Bertz CT molecular complexity index is 1160. The van der Waals surface area contributed by atoms with Crippen LogP contribution in [0.2, 0.25) is 0 Å². The number of hydrogen-bond acceptors (Lipinski definition) is 4. The fourth-order valence-electron chi connectivity index (χ4n) is 3.75. The molecule has 2 heterocycles. The molecule has 0 aliphatic carbocycles. The summed E-state index contributed by atoms with van der Waals surface area (Å²) in [5, 5.41) is 14.2. The second kappa shape index (κ2) is 7.37. The quantitative estimate of drug-likeness (QED) is 0.552. The Labute approximate surface area is 165 Å². The highest BCUT2D eigenvalue weighted by molar-refractivity contribution is 7.85. The van der Waals surface area contributed by atoms with Gasteiger partial charge < -0.3 is 10.1 Å². The SMILES string of the molecule is O=S(c1cccc2ccccc12)c1[nH]nc2ccc(OC3CCNCC3)cc12. The summed E-state index contributed by atoms with van der Waals surface area (Å²) in [6.07, 6.45) is 2.22. The van der Waals surface area contributed by atoms with E-state index < -0.39 is 10.8 Å². The predicted octanol–water partition coefficient (Wildman–Crippen LogP) is 4.01. The van der Waals surface area contributed by atoms with E-state index in [0.29, 0.717) is 5.03 Å². The molecule has 5 rings (SSSR count). The molecule has 1 unspecified atom stereocenters. The lowest BCUT2D eigenvalue weighted by atomic mass is 10.1. The van der Waals surface area contributed by atoms with Crippen LogP contribution in [0.1, 0.15) is 12.8 Å². The first-order valence-corrected chi connectivity index (χ1v) is 10.7. The molecule has 1 aliphatic heterocycles. The lowest BCUT2D eigenvalue weighted by Crippen LogP contribution is -2.34. The van der Waals surface area contributed by atoms with Crippen LogP contribution in [0.15, 0.2) is 70.6 Å². The summed E-state index contributed by atoms with van der Waals surface area (Å²) >= 11 is 0. The molecule has 4 aromatic rings. The molecule has 0 bridgehead atoms. The highest BCUT2D eigenvalue weighted by atomic mass is 32.2. The van der Waals surface area contributed by atoms with Crippen LogP contribution in [0.4, 0.5) is 0 Å². The van der Waals surface area contributed by atoms with Gasteiger partial charge in [0.1, 0.15) is 27.7 Å². The second-order valence-corrected chi connectivity index (χ2v) is 8.43. The van der Waals surface area contributed by atoms with Crippen LogP contribution in [0.25, 0.3) is 21.7 Å². The van der Waals surface area contributed by atoms with Gasteiger partial charge in [-0.05, 0) is 61.0 Å². The summed E-state index contributed by atoms with van der Waals surface area (Å²) in [5.41, 5.74) is 0.793. The van der Waals surface area contributed by atoms with E-state index in [1.807, 2.05) is 60.7 Å². The van der Waals surface area contributed by atoms with Crippen LogP contribution in [0, 0.1) is 0 Å². The van der Waals surface area contributed by atoms with E-state index in [-0.39, 0.29) is 6.10 Å². The van der Waals surface area contributed by atoms with Gasteiger partial charge >= 0.3 is 0 Å². The molecule has 28 heavy (non-hydrogen) atoms. The normalized spacial score (nSPS) is 16.4. The fourth-order valence-corrected chi connectivity index (χ4v) is 5.05. The molecule has 142 valence electrons. The predicted molar refractivity (Wildman–Crippen MR) is 111 cm³/mol. The molecule has 5 nitrogen and oxygen atoms in total. The van der Waals surface area contributed by atoms with Crippen molar-refractivity contribution in [3.63, 3.8) is 0 Å². The molecule has 1 atom stereocenters. The van der Waals surface area contributed by atoms with Crippen molar-refractivity contribution in [1.29, 1.82) is 0 Å². The first-order chi connectivity index (χ1) is 13.8. The third kappa shape index (κ3) is 3.19. The van der Waals surface area contributed by atoms with Crippen molar-refractivity contribution in [2.75, 3.05) is 13.1 Å². The average molecular weight is 391 g/mol. The van der Waals surface area contributed by atoms with Crippen molar-refractivity contribution in [3.8, 4) is 5.75 Å². The van der Waals surface area contributed by atoms with Crippen molar-refractivity contribution in [3.05, 3.63) is 60.7 Å². The summed E-state index contributed by atoms with van der Waals surface area (Å²) in [4.78, 5) is 0.785. The Balaban J connectivity index is 1.53. The third-order valence-electron chi connectivity index (χ3n) is 5.21. The van der Waals surface area contributed by atoms with Crippen molar-refractivity contribution in [2.24, 2.45) is 0 Å². The van der Waals surface area contributed by atoms with Crippen LogP contribution in [-0.4, -0.2) is 33.6 Å². The average Bonchev–Trinajstić information content (AvgIpc) is 3.17. The molecular formula is C22H21N3O2S. The molecule has 6 heteroatoms. The standard InChI is InChI=1S/C22H21N3O2S/c26-28(21-7-3-5-15-4-1-2-6-18(15)21)22-19-14-17(8-9-20(19)24-25-22)27-16-10-12-23-13-11-16/h1-9,14,16,23H,10-13H2,(H,24,25). The van der Waals surface area contributed by atoms with Crippen LogP contribution < -0.4 is 10.1 Å². The van der Waals surface area contributed by atoms with Crippen molar-refractivity contribution in [1.82, 2.24) is 15.5 Å². The lowest BCUT2D eigenvalue weighted by Gasteiger charge is -2.23. The summed E-state index contributed by atoms with van der Waals surface area (Å²) < 4.78 is 19.6. The number of nitrogens with zero attached hydrogens (tertiary/aromatic N) is 1. The van der Waals surface area contributed by atoms with E-state index >= 15 is 0 Å². The van der Waals surface area contributed by atoms with Gasteiger partial charge in [-0.1, -0.05) is 36.4 Å². The number of H-pyrrole nitrogens is 1. The zero-order chi connectivity index (χ0) is 18.9. The number of hydrogen-bond donors (Lipinski definition) is 2. The second-order valence-electron chi connectivity index (χ2n) is 7.04. The molecule has 1 aliphatic rings. The molecule has 0 amide bonds. The molecule has 0 saturated carbocycles. The van der Waals surface area contributed by atoms with Gasteiger partial charge in [0, 0.05) is 5.39 Å². The summed E-state index contributed by atoms with van der Waals surface area (Å²) in [5.74, 6) is 0.803. The molecule has 0 spiro atoms. The van der Waals surface area contributed by atoms with Crippen molar-refractivity contribution >= 4 is 32.5 Å². The molecule has 0 radical (unpaired) electrons. The van der Waals surface area contributed by atoms with Gasteiger partial charge in [-0.3, -0.25) is 5.10 Å². The number of rotatable bonds is 4. The maximum Gasteiger partial charge on any atom is 0.135 e. The monoisotopic (exact) mass is 391 g/mol. The zero-order valence-corrected chi connectivity index (χ0v) is 16.2. The van der Waals surface area contributed by atoms with Gasteiger partial charge in [0.15, 0.2) is 0 Å². The third-order valence-corrected chi connectivity index (χ3v) is 6.65. The van der Waals surface area contributed by atoms with Crippen LogP contribution in [0.3, 0.4) is 0 Å². The molecule has 1 fully saturated rings. The number of benzene rings is 3. The summed E-state index contributed by atoms with van der Waals surface area (Å²) in [6, 6.07) is 19.7. The number of fused-ring (bicyclic) bond motifs is 2. The molecule has 1 saturated heterocycles. The van der Waals surface area contributed by atoms with E-state index in [2.05, 4.69) is 15.5 Å². The first-order valence-electron chi connectivity index (χ1n) is 9.54. The van der Waals surface area contributed by atoms with Crippen molar-refractivity contribution in [2.45, 2.75) is 28.9 Å². The topological polar surface area (TPSA) is 67.0 Å². The Morgan fingerprint density at radius 2 is 1.79 bits per heavy atom. The maximum atomic E-state index is 13.4. The van der Waals surface area contributed by atoms with Crippen molar-refractivity contribution < 1.29 is 8.95 Å². The van der Waals surface area contributed by atoms with Gasteiger partial charge in [-0.15, -0.1) is 0 Å². The Hall–Kier alpha value is -2.70. The summed E-state index contributed by atoms with van der Waals surface area (Å²) in [7, 11) is -1.36. The van der Waals surface area contributed by atoms with Crippen LogP contribution in [0.5, 0.6) is 5.75 Å². The van der Waals surface area contributed by atoms with Gasteiger partial charge in [-0.2, -0.15) is 5.10 Å². The van der Waals surface area contributed by atoms with E-state index in [1.54, 1.807) is 0 Å².